The van der Waals surface area contributed by atoms with Crippen LogP contribution in [-0.4, -0.2) is 30.4 Å². The van der Waals surface area contributed by atoms with Gasteiger partial charge in [0.15, 0.2) is 0 Å². The second kappa shape index (κ2) is 3.54. The van der Waals surface area contributed by atoms with Crippen LogP contribution in [0.4, 0.5) is 0 Å². The van der Waals surface area contributed by atoms with E-state index in [-0.39, 0.29) is 5.41 Å². The molecule has 0 aromatic rings. The zero-order chi connectivity index (χ0) is 10.2. The molecule has 14 heavy (non-hydrogen) atoms. The van der Waals surface area contributed by atoms with E-state index in [2.05, 4.69) is 0 Å². The average molecular weight is 196 g/mol. The molecule has 2 saturated carbocycles. The van der Waals surface area contributed by atoms with E-state index in [4.69, 9.17) is 5.73 Å². The van der Waals surface area contributed by atoms with Crippen LogP contribution in [0.1, 0.15) is 38.5 Å². The normalized spacial score (nSPS) is 24.1. The molecule has 1 amide bonds. The van der Waals surface area contributed by atoms with Crippen LogP contribution in [0, 0.1) is 5.41 Å². The van der Waals surface area contributed by atoms with Crippen LogP contribution in [0.2, 0.25) is 0 Å². The van der Waals surface area contributed by atoms with Crippen LogP contribution in [0.5, 0.6) is 0 Å². The van der Waals surface area contributed by atoms with E-state index in [9.17, 15) is 4.79 Å². The summed E-state index contributed by atoms with van der Waals surface area (Å²) in [5.41, 5.74) is 5.91. The molecular formula is C11H20N2O. The lowest BCUT2D eigenvalue weighted by Crippen LogP contribution is -2.42. The maximum absolute atomic E-state index is 11.9. The molecule has 3 nitrogen and oxygen atoms in total. The third kappa shape index (κ3) is 1.78. The summed E-state index contributed by atoms with van der Waals surface area (Å²) in [6.45, 7) is 0.678. The first-order valence-corrected chi connectivity index (χ1v) is 5.63. The second-order valence-corrected chi connectivity index (χ2v) is 4.97. The Labute approximate surface area is 85.6 Å². The topological polar surface area (TPSA) is 46.3 Å². The van der Waals surface area contributed by atoms with Crippen molar-refractivity contribution in [1.82, 2.24) is 4.90 Å². The predicted molar refractivity (Wildman–Crippen MR) is 55.7 cm³/mol. The Kier molecular flexibility index (Phi) is 2.52. The van der Waals surface area contributed by atoms with Crippen LogP contribution in [0.3, 0.4) is 0 Å². The number of carbonyl (C=O) groups is 1. The number of rotatable bonds is 4. The molecule has 2 aliphatic rings. The Morgan fingerprint density at radius 3 is 2.50 bits per heavy atom. The van der Waals surface area contributed by atoms with Gasteiger partial charge in [-0.2, -0.15) is 0 Å². The fourth-order valence-corrected chi connectivity index (χ4v) is 2.24. The Balaban J connectivity index is 1.86. The van der Waals surface area contributed by atoms with Gasteiger partial charge in [-0.3, -0.25) is 4.79 Å². The van der Waals surface area contributed by atoms with E-state index in [1.807, 2.05) is 11.9 Å². The Morgan fingerprint density at radius 1 is 1.50 bits per heavy atom. The summed E-state index contributed by atoms with van der Waals surface area (Å²) in [6.07, 6.45) is 6.60. The van der Waals surface area contributed by atoms with Gasteiger partial charge in [-0.25, -0.2) is 0 Å². The summed E-state index contributed by atoms with van der Waals surface area (Å²) in [7, 11) is 1.93. The van der Waals surface area contributed by atoms with Gasteiger partial charge < -0.3 is 10.6 Å². The first-order chi connectivity index (χ1) is 6.67. The number of carbonyl (C=O) groups excluding carboxylic acids is 1. The highest BCUT2D eigenvalue weighted by Gasteiger charge is 2.40. The second-order valence-electron chi connectivity index (χ2n) is 4.97. The van der Waals surface area contributed by atoms with Gasteiger partial charge in [0.25, 0.3) is 0 Å². The van der Waals surface area contributed by atoms with Crippen molar-refractivity contribution in [2.24, 2.45) is 11.1 Å². The van der Waals surface area contributed by atoms with Crippen molar-refractivity contribution in [1.29, 1.82) is 0 Å². The Morgan fingerprint density at radius 2 is 2.14 bits per heavy atom. The van der Waals surface area contributed by atoms with Gasteiger partial charge in [0, 0.05) is 19.5 Å². The molecule has 3 heteroatoms. The molecular weight excluding hydrogens is 176 g/mol. The lowest BCUT2D eigenvalue weighted by atomic mass is 9.66. The third-order valence-corrected chi connectivity index (χ3v) is 3.86. The van der Waals surface area contributed by atoms with Crippen molar-refractivity contribution in [3.8, 4) is 0 Å². The van der Waals surface area contributed by atoms with Crippen LogP contribution in [0.15, 0.2) is 0 Å². The van der Waals surface area contributed by atoms with Crippen molar-refractivity contribution in [2.45, 2.75) is 44.6 Å². The highest BCUT2D eigenvalue weighted by Crippen LogP contribution is 2.43. The summed E-state index contributed by atoms with van der Waals surface area (Å²) < 4.78 is 0. The molecule has 2 rings (SSSR count). The molecule has 2 aliphatic carbocycles. The quantitative estimate of drug-likeness (QED) is 0.732. The number of hydrogen-bond acceptors (Lipinski definition) is 2. The molecule has 0 bridgehead atoms. The molecule has 80 valence electrons. The first kappa shape index (κ1) is 9.97. The zero-order valence-electron chi connectivity index (χ0n) is 8.96. The molecule has 0 aliphatic heterocycles. The zero-order valence-corrected chi connectivity index (χ0v) is 8.96. The summed E-state index contributed by atoms with van der Waals surface area (Å²) >= 11 is 0. The Bertz CT molecular complexity index is 226. The third-order valence-electron chi connectivity index (χ3n) is 3.86. The van der Waals surface area contributed by atoms with Crippen molar-refractivity contribution >= 4 is 5.91 Å². The minimum absolute atomic E-state index is 0.167. The largest absolute Gasteiger partial charge is 0.343 e. The van der Waals surface area contributed by atoms with Crippen molar-refractivity contribution in [2.75, 3.05) is 13.6 Å². The van der Waals surface area contributed by atoms with Gasteiger partial charge in [-0.15, -0.1) is 0 Å². The van der Waals surface area contributed by atoms with Crippen molar-refractivity contribution in [3.05, 3.63) is 0 Å². The van der Waals surface area contributed by atoms with Gasteiger partial charge in [-0.05, 0) is 37.6 Å². The van der Waals surface area contributed by atoms with Crippen LogP contribution < -0.4 is 5.73 Å². The lowest BCUT2D eigenvalue weighted by molar-refractivity contribution is -0.134. The van der Waals surface area contributed by atoms with Crippen molar-refractivity contribution in [3.63, 3.8) is 0 Å². The summed E-state index contributed by atoms with van der Waals surface area (Å²) in [6, 6.07) is 0.539. The summed E-state index contributed by atoms with van der Waals surface area (Å²) in [5, 5.41) is 0. The number of hydrogen-bond donors (Lipinski definition) is 1. The van der Waals surface area contributed by atoms with Gasteiger partial charge in [0.05, 0.1) is 0 Å². The van der Waals surface area contributed by atoms with E-state index < -0.39 is 0 Å². The van der Waals surface area contributed by atoms with E-state index in [0.717, 1.165) is 12.8 Å². The molecule has 2 N–H and O–H groups in total. The fourth-order valence-electron chi connectivity index (χ4n) is 2.24. The van der Waals surface area contributed by atoms with Crippen LogP contribution in [-0.2, 0) is 4.79 Å². The molecule has 0 aromatic heterocycles. The SMILES string of the molecule is CN(C(=O)CC1(CN)CCC1)C1CC1. The maximum atomic E-state index is 11.9. The molecule has 2 fully saturated rings. The molecule has 0 heterocycles. The number of nitrogens with two attached hydrogens (primary N) is 1. The minimum Gasteiger partial charge on any atom is -0.343 e. The van der Waals surface area contributed by atoms with Gasteiger partial charge >= 0.3 is 0 Å². The van der Waals surface area contributed by atoms with Crippen LogP contribution in [0.25, 0.3) is 0 Å². The minimum atomic E-state index is 0.167. The smallest absolute Gasteiger partial charge is 0.223 e. The highest BCUT2D eigenvalue weighted by atomic mass is 16.2. The van der Waals surface area contributed by atoms with E-state index in [0.29, 0.717) is 24.9 Å². The van der Waals surface area contributed by atoms with Crippen molar-refractivity contribution < 1.29 is 4.79 Å². The Hall–Kier alpha value is -0.570. The fraction of sp³-hybridized carbons (Fsp3) is 0.909. The van der Waals surface area contributed by atoms with E-state index >= 15 is 0 Å². The maximum Gasteiger partial charge on any atom is 0.223 e. The molecule has 0 aromatic carbocycles. The highest BCUT2D eigenvalue weighted by molar-refractivity contribution is 5.77. The average Bonchev–Trinajstić information content (AvgIpc) is 2.92. The standard InChI is InChI=1S/C11H20N2O/c1-13(9-3-4-9)10(14)7-11(8-12)5-2-6-11/h9H,2-8,12H2,1H3. The molecule has 0 radical (unpaired) electrons. The predicted octanol–water partition coefficient (Wildman–Crippen LogP) is 1.13. The monoisotopic (exact) mass is 196 g/mol. The molecule has 0 spiro atoms. The van der Waals surface area contributed by atoms with E-state index in [1.165, 1.54) is 19.3 Å². The van der Waals surface area contributed by atoms with E-state index in [1.54, 1.807) is 0 Å². The van der Waals surface area contributed by atoms with Gasteiger partial charge in [0.2, 0.25) is 5.91 Å². The molecule has 0 unspecified atom stereocenters. The molecule has 0 atom stereocenters. The van der Waals surface area contributed by atoms with Crippen LogP contribution >= 0.6 is 0 Å². The lowest BCUT2D eigenvalue weighted by Gasteiger charge is -2.41. The molecule has 0 saturated heterocycles. The van der Waals surface area contributed by atoms with Gasteiger partial charge in [0.1, 0.15) is 0 Å². The summed E-state index contributed by atoms with van der Waals surface area (Å²) in [4.78, 5) is 13.8. The van der Waals surface area contributed by atoms with Gasteiger partial charge in [-0.1, -0.05) is 6.42 Å². The number of amides is 1. The first-order valence-electron chi connectivity index (χ1n) is 5.63. The summed E-state index contributed by atoms with van der Waals surface area (Å²) in [5.74, 6) is 0.303. The number of nitrogens with zero attached hydrogens (tertiary/aromatic N) is 1.